The molecule has 0 amide bonds. The molecule has 0 fully saturated rings. The molecule has 2 aliphatic rings. The lowest BCUT2D eigenvalue weighted by Crippen LogP contribution is -2.31. The minimum Gasteiger partial charge on any atom is -0.497 e. The fourth-order valence-corrected chi connectivity index (χ4v) is 6.83. The van der Waals surface area contributed by atoms with E-state index in [0.717, 1.165) is 0 Å². The topological polar surface area (TPSA) is 158 Å². The van der Waals surface area contributed by atoms with Gasteiger partial charge in [-0.05, 0) is 35.7 Å². The van der Waals surface area contributed by atoms with Crippen LogP contribution in [-0.2, 0) is 20.0 Å². The molecular weight excluding hydrogens is 591 g/mol. The lowest BCUT2D eigenvalue weighted by Gasteiger charge is -2.21. The summed E-state index contributed by atoms with van der Waals surface area (Å²) in [4.78, 5) is 0.358. The minimum atomic E-state index is -3.75. The van der Waals surface area contributed by atoms with E-state index in [-0.39, 0.29) is 32.2 Å². The minimum absolute atomic E-state index is 0.0469. The molecule has 0 bridgehead atoms. The first-order valence-electron chi connectivity index (χ1n) is 12.2. The van der Waals surface area contributed by atoms with Gasteiger partial charge < -0.3 is 14.8 Å². The van der Waals surface area contributed by atoms with Crippen molar-refractivity contribution in [1.82, 2.24) is 5.01 Å². The number of hydrogen-bond donors (Lipinski definition) is 2. The molecule has 11 nitrogen and oxygen atoms in total. The summed E-state index contributed by atoms with van der Waals surface area (Å²) < 4.78 is 59.6. The summed E-state index contributed by atoms with van der Waals surface area (Å²) in [5, 5.41) is 24.9. The Hall–Kier alpha value is -3.56. The predicted molar refractivity (Wildman–Crippen MR) is 158 cm³/mol. The van der Waals surface area contributed by atoms with Crippen LogP contribution >= 0.6 is 11.6 Å². The van der Waals surface area contributed by atoms with Crippen LogP contribution in [0.1, 0.15) is 30.5 Å². The molecule has 2 heterocycles. The smallest absolute Gasteiger partial charge is 0.492 e. The highest BCUT2D eigenvalue weighted by Gasteiger charge is 2.32. The van der Waals surface area contributed by atoms with Crippen LogP contribution < -0.4 is 10.2 Å². The molecule has 0 radical (unpaired) electrons. The second-order valence-electron chi connectivity index (χ2n) is 9.34. The number of hydrogen-bond acceptors (Lipinski definition) is 9. The third-order valence-corrected chi connectivity index (χ3v) is 8.91. The van der Waals surface area contributed by atoms with E-state index < -0.39 is 27.2 Å². The Morgan fingerprint density at radius 1 is 0.951 bits per heavy atom. The van der Waals surface area contributed by atoms with Crippen molar-refractivity contribution in [2.45, 2.75) is 23.6 Å². The van der Waals surface area contributed by atoms with Gasteiger partial charge in [-0.15, -0.1) is 8.80 Å². The number of nitrogens with zero attached hydrogens (tertiary/aromatic N) is 4. The van der Waals surface area contributed by atoms with E-state index in [2.05, 4.69) is 13.9 Å². The highest BCUT2D eigenvalue weighted by molar-refractivity contribution is 7.91. The standard InChI is InChI=1S/C19H22BN3O5S.C7H4ClNO2S/c1-13(2)12-23(19-15-6-4-5-7-18(15)29(26,27)22-19)21-11-14-8-9-16(20(24)25)17(10-14)28-3;8-7-5-3-1-2-4-6(5)12(10,11)9-7/h4-11,13,24-25H,12H2,1-3H3;1-4H/b21-11+;. The Kier molecular flexibility index (Phi) is 8.99. The van der Waals surface area contributed by atoms with E-state index in [4.69, 9.17) is 16.3 Å². The van der Waals surface area contributed by atoms with Gasteiger partial charge in [0, 0.05) is 23.1 Å². The van der Waals surface area contributed by atoms with Crippen molar-refractivity contribution < 1.29 is 31.6 Å². The number of fused-ring (bicyclic) bond motifs is 2. The average molecular weight is 617 g/mol. The molecule has 5 rings (SSSR count). The van der Waals surface area contributed by atoms with E-state index in [1.54, 1.807) is 59.8 Å². The van der Waals surface area contributed by atoms with Crippen molar-refractivity contribution in [3.63, 3.8) is 0 Å². The highest BCUT2D eigenvalue weighted by Crippen LogP contribution is 2.28. The van der Waals surface area contributed by atoms with Crippen LogP contribution in [0.4, 0.5) is 0 Å². The van der Waals surface area contributed by atoms with Crippen molar-refractivity contribution in [3.8, 4) is 5.75 Å². The fourth-order valence-electron chi connectivity index (χ4n) is 4.03. The SMILES string of the molecule is COc1cc(/C=N/N(CC(C)C)C2=NS(=O)(=O)c3ccccc32)ccc1B(O)O.O=S1(=O)N=C(Cl)c2ccccc21. The summed E-state index contributed by atoms with van der Waals surface area (Å²) in [6.45, 7) is 4.46. The number of sulfonamides is 2. The number of rotatable bonds is 6. The number of methoxy groups -OCH3 is 1. The molecule has 3 aromatic carbocycles. The lowest BCUT2D eigenvalue weighted by molar-refractivity contribution is 0.385. The Labute approximate surface area is 243 Å². The van der Waals surface area contributed by atoms with Gasteiger partial charge in [0.2, 0.25) is 0 Å². The van der Waals surface area contributed by atoms with Gasteiger partial charge in [-0.1, -0.05) is 67.9 Å². The third kappa shape index (κ3) is 6.68. The van der Waals surface area contributed by atoms with Gasteiger partial charge >= 0.3 is 7.12 Å². The van der Waals surface area contributed by atoms with Crippen LogP contribution in [-0.4, -0.2) is 69.9 Å². The molecule has 0 unspecified atom stereocenters. The van der Waals surface area contributed by atoms with Gasteiger partial charge in [0.1, 0.15) is 10.6 Å². The number of benzene rings is 3. The number of amidine groups is 1. The van der Waals surface area contributed by atoms with Gasteiger partial charge in [0.25, 0.3) is 20.0 Å². The molecule has 2 aliphatic heterocycles. The van der Waals surface area contributed by atoms with Crippen LogP contribution in [0, 0.1) is 5.92 Å². The van der Waals surface area contributed by atoms with Crippen molar-refractivity contribution in [2.24, 2.45) is 19.8 Å². The molecule has 41 heavy (non-hydrogen) atoms. The first kappa shape index (κ1) is 30.4. The van der Waals surface area contributed by atoms with E-state index in [9.17, 15) is 26.9 Å². The van der Waals surface area contributed by atoms with Crippen molar-refractivity contribution in [3.05, 3.63) is 83.4 Å². The summed E-state index contributed by atoms with van der Waals surface area (Å²) in [6.07, 6.45) is 1.55. The van der Waals surface area contributed by atoms with Crippen molar-refractivity contribution >= 4 is 61.4 Å². The van der Waals surface area contributed by atoms with E-state index >= 15 is 0 Å². The number of hydrazone groups is 1. The van der Waals surface area contributed by atoms with Gasteiger partial charge in [0.15, 0.2) is 11.0 Å². The molecule has 15 heteroatoms. The van der Waals surface area contributed by atoms with Gasteiger partial charge in [-0.3, -0.25) is 0 Å². The van der Waals surface area contributed by atoms with Crippen molar-refractivity contribution in [2.75, 3.05) is 13.7 Å². The van der Waals surface area contributed by atoms with E-state index in [1.165, 1.54) is 25.3 Å². The number of halogens is 1. The molecule has 214 valence electrons. The van der Waals surface area contributed by atoms with Gasteiger partial charge in [0.05, 0.1) is 18.2 Å². The van der Waals surface area contributed by atoms with Crippen LogP contribution in [0.5, 0.6) is 5.75 Å². The fraction of sp³-hybridized carbons (Fsp3) is 0.192. The van der Waals surface area contributed by atoms with Crippen LogP contribution in [0.2, 0.25) is 0 Å². The Balaban J connectivity index is 0.000000267. The van der Waals surface area contributed by atoms with Gasteiger partial charge in [-0.25, -0.2) is 5.01 Å². The average Bonchev–Trinajstić information content (AvgIpc) is 3.34. The first-order valence-corrected chi connectivity index (χ1v) is 15.5. The second-order valence-corrected chi connectivity index (χ2v) is 12.8. The Bertz CT molecular complexity index is 1780. The Morgan fingerprint density at radius 3 is 2.12 bits per heavy atom. The van der Waals surface area contributed by atoms with E-state index in [0.29, 0.717) is 29.0 Å². The first-order chi connectivity index (χ1) is 19.3. The zero-order valence-electron chi connectivity index (χ0n) is 22.2. The maximum Gasteiger partial charge on any atom is 0.492 e. The molecule has 0 aromatic heterocycles. The molecule has 2 N–H and O–H groups in total. The molecule has 0 spiro atoms. The molecule has 3 aromatic rings. The molecule has 0 aliphatic carbocycles. The van der Waals surface area contributed by atoms with E-state index in [1.807, 2.05) is 13.8 Å². The molecule has 0 atom stereocenters. The third-order valence-electron chi connectivity index (χ3n) is 5.86. The zero-order chi connectivity index (χ0) is 29.9. The molecular formula is C26H26BClN4O7S2. The maximum atomic E-state index is 12.4. The maximum absolute atomic E-state index is 12.4. The lowest BCUT2D eigenvalue weighted by atomic mass is 9.79. The largest absolute Gasteiger partial charge is 0.497 e. The second kappa shape index (κ2) is 12.1. The van der Waals surface area contributed by atoms with Crippen LogP contribution in [0.25, 0.3) is 0 Å². The summed E-state index contributed by atoms with van der Waals surface area (Å²) in [7, 11) is -7.46. The predicted octanol–water partition coefficient (Wildman–Crippen LogP) is 2.19. The quantitative estimate of drug-likeness (QED) is 0.242. The monoisotopic (exact) mass is 616 g/mol. The summed E-state index contributed by atoms with van der Waals surface area (Å²) >= 11 is 5.60. The van der Waals surface area contributed by atoms with Crippen LogP contribution in [0.15, 0.2) is 90.4 Å². The normalized spacial score (nSPS) is 15.9. The highest BCUT2D eigenvalue weighted by atomic mass is 35.5. The summed E-state index contributed by atoms with van der Waals surface area (Å²) in [6, 6.07) is 18.0. The summed E-state index contributed by atoms with van der Waals surface area (Å²) in [5.41, 5.74) is 1.89. The molecule has 0 saturated carbocycles. The van der Waals surface area contributed by atoms with Crippen molar-refractivity contribution in [1.29, 1.82) is 0 Å². The number of ether oxygens (including phenoxy) is 1. The zero-order valence-corrected chi connectivity index (χ0v) is 24.6. The Morgan fingerprint density at radius 2 is 1.54 bits per heavy atom. The van der Waals surface area contributed by atoms with Crippen LogP contribution in [0.3, 0.4) is 0 Å². The molecule has 0 saturated heterocycles. The summed E-state index contributed by atoms with van der Waals surface area (Å²) in [5.74, 6) is 0.789. The van der Waals surface area contributed by atoms with Gasteiger partial charge in [-0.2, -0.15) is 21.9 Å².